The summed E-state index contributed by atoms with van der Waals surface area (Å²) >= 11 is 0. The maximum absolute atomic E-state index is 12.5. The number of nitrogens with one attached hydrogen (secondary N) is 1. The third kappa shape index (κ3) is 7.34. The van der Waals surface area contributed by atoms with Crippen molar-refractivity contribution in [3.8, 4) is 11.5 Å². The van der Waals surface area contributed by atoms with Gasteiger partial charge in [0.05, 0.1) is 30.0 Å². The molecule has 0 radical (unpaired) electrons. The lowest BCUT2D eigenvalue weighted by Gasteiger charge is -2.23. The molecule has 2 aromatic rings. The van der Waals surface area contributed by atoms with E-state index in [0.717, 1.165) is 14.9 Å². The normalized spacial score (nSPS) is 12.8. The highest BCUT2D eigenvalue weighted by molar-refractivity contribution is 7.92. The van der Waals surface area contributed by atoms with Gasteiger partial charge in [-0.05, 0) is 55.5 Å². The van der Waals surface area contributed by atoms with E-state index in [2.05, 4.69) is 5.32 Å². The summed E-state index contributed by atoms with van der Waals surface area (Å²) in [4.78, 5) is 12.5. The predicted molar refractivity (Wildman–Crippen MR) is 126 cm³/mol. The van der Waals surface area contributed by atoms with Crippen molar-refractivity contribution in [2.75, 3.05) is 44.9 Å². The zero-order chi connectivity index (χ0) is 24.8. The molecule has 182 valence electrons. The number of carbonyl (C=O) groups is 1. The standard InChI is InChI=1S/C21H29N3O7S2/c1-16(15-31-19-10-8-18(30-4)9-11-19)22-21(25)14-24(32(5,26)27)17-6-12-20(13-7-17)33(28,29)23(2)3/h6-13,16H,14-15H2,1-5H3,(H,22,25). The average Bonchev–Trinajstić information content (AvgIpc) is 2.75. The second-order valence-electron chi connectivity index (χ2n) is 7.51. The monoisotopic (exact) mass is 499 g/mol. The van der Waals surface area contributed by atoms with Crippen LogP contribution in [0.25, 0.3) is 0 Å². The van der Waals surface area contributed by atoms with Crippen LogP contribution in [0.4, 0.5) is 5.69 Å². The highest BCUT2D eigenvalue weighted by Crippen LogP contribution is 2.22. The van der Waals surface area contributed by atoms with Crippen molar-refractivity contribution < 1.29 is 31.1 Å². The molecule has 0 bridgehead atoms. The van der Waals surface area contributed by atoms with Crippen LogP contribution in [-0.2, 0) is 24.8 Å². The van der Waals surface area contributed by atoms with E-state index in [0.29, 0.717) is 11.5 Å². The van der Waals surface area contributed by atoms with E-state index >= 15 is 0 Å². The van der Waals surface area contributed by atoms with Crippen LogP contribution in [0.3, 0.4) is 0 Å². The minimum atomic E-state index is -3.81. The minimum absolute atomic E-state index is 0.0125. The lowest BCUT2D eigenvalue weighted by molar-refractivity contribution is -0.120. The molecule has 1 N–H and O–H groups in total. The summed E-state index contributed by atoms with van der Waals surface area (Å²) in [6.45, 7) is 1.44. The van der Waals surface area contributed by atoms with Crippen molar-refractivity contribution in [1.29, 1.82) is 0 Å². The maximum atomic E-state index is 12.5. The molecule has 0 aliphatic carbocycles. The highest BCUT2D eigenvalue weighted by Gasteiger charge is 2.23. The van der Waals surface area contributed by atoms with Gasteiger partial charge in [-0.25, -0.2) is 21.1 Å². The van der Waals surface area contributed by atoms with Crippen molar-refractivity contribution in [3.63, 3.8) is 0 Å². The van der Waals surface area contributed by atoms with Gasteiger partial charge < -0.3 is 14.8 Å². The smallest absolute Gasteiger partial charge is 0.242 e. The topological polar surface area (TPSA) is 122 Å². The van der Waals surface area contributed by atoms with Crippen LogP contribution in [-0.4, -0.2) is 73.7 Å². The van der Waals surface area contributed by atoms with Gasteiger partial charge in [-0.15, -0.1) is 0 Å². The van der Waals surface area contributed by atoms with Gasteiger partial charge in [0.2, 0.25) is 26.0 Å². The van der Waals surface area contributed by atoms with Crippen LogP contribution in [0.1, 0.15) is 6.92 Å². The number of rotatable bonds is 11. The van der Waals surface area contributed by atoms with E-state index in [1.165, 1.54) is 38.4 Å². The van der Waals surface area contributed by atoms with Gasteiger partial charge in [0.1, 0.15) is 24.7 Å². The fourth-order valence-corrected chi connectivity index (χ4v) is 4.54. The third-order valence-electron chi connectivity index (χ3n) is 4.56. The minimum Gasteiger partial charge on any atom is -0.497 e. The van der Waals surface area contributed by atoms with Crippen molar-refractivity contribution in [3.05, 3.63) is 48.5 Å². The first-order chi connectivity index (χ1) is 15.3. The Morgan fingerprint density at radius 3 is 2.00 bits per heavy atom. The molecule has 2 aromatic carbocycles. The molecular weight excluding hydrogens is 470 g/mol. The van der Waals surface area contributed by atoms with Crippen molar-refractivity contribution in [2.45, 2.75) is 17.9 Å². The number of amides is 1. The van der Waals surface area contributed by atoms with Gasteiger partial charge in [-0.3, -0.25) is 9.10 Å². The molecule has 2 rings (SSSR count). The van der Waals surface area contributed by atoms with E-state index in [4.69, 9.17) is 9.47 Å². The Kier molecular flexibility index (Phi) is 8.69. The molecule has 0 aromatic heterocycles. The third-order valence-corrected chi connectivity index (χ3v) is 7.53. The van der Waals surface area contributed by atoms with Gasteiger partial charge in [0.15, 0.2) is 0 Å². The zero-order valence-electron chi connectivity index (χ0n) is 19.2. The summed E-state index contributed by atoms with van der Waals surface area (Å²) in [5, 5.41) is 2.70. The lowest BCUT2D eigenvalue weighted by atomic mass is 10.3. The first kappa shape index (κ1) is 26.4. The Morgan fingerprint density at radius 2 is 1.52 bits per heavy atom. The molecule has 0 spiro atoms. The summed E-state index contributed by atoms with van der Waals surface area (Å²) in [6, 6.07) is 11.9. The largest absolute Gasteiger partial charge is 0.497 e. The predicted octanol–water partition coefficient (Wildman–Crippen LogP) is 1.30. The number of methoxy groups -OCH3 is 1. The molecule has 0 aliphatic rings. The van der Waals surface area contributed by atoms with Gasteiger partial charge in [0, 0.05) is 14.1 Å². The van der Waals surface area contributed by atoms with Crippen LogP contribution >= 0.6 is 0 Å². The molecule has 12 heteroatoms. The number of anilines is 1. The number of carbonyl (C=O) groups excluding carboxylic acids is 1. The van der Waals surface area contributed by atoms with Gasteiger partial charge in [-0.1, -0.05) is 0 Å². The van der Waals surface area contributed by atoms with Crippen molar-refractivity contribution in [1.82, 2.24) is 9.62 Å². The molecule has 1 amide bonds. The molecule has 0 saturated heterocycles. The van der Waals surface area contributed by atoms with Gasteiger partial charge >= 0.3 is 0 Å². The summed E-state index contributed by atoms with van der Waals surface area (Å²) in [6.07, 6.45) is 0.973. The Bertz CT molecular complexity index is 1150. The number of hydrogen-bond donors (Lipinski definition) is 1. The molecule has 33 heavy (non-hydrogen) atoms. The number of hydrogen-bond acceptors (Lipinski definition) is 7. The Morgan fingerprint density at radius 1 is 0.970 bits per heavy atom. The first-order valence-corrected chi connectivity index (χ1v) is 13.2. The number of nitrogens with zero attached hydrogens (tertiary/aromatic N) is 2. The summed E-state index contributed by atoms with van der Waals surface area (Å²) in [5.74, 6) is 0.760. The van der Waals surface area contributed by atoms with Crippen molar-refractivity contribution in [2.24, 2.45) is 0 Å². The van der Waals surface area contributed by atoms with E-state index in [-0.39, 0.29) is 17.2 Å². The summed E-state index contributed by atoms with van der Waals surface area (Å²) in [5.41, 5.74) is 0.174. The summed E-state index contributed by atoms with van der Waals surface area (Å²) in [7, 11) is -3.11. The van der Waals surface area contributed by atoms with Gasteiger partial charge in [0.25, 0.3) is 0 Å². The molecule has 0 heterocycles. The van der Waals surface area contributed by atoms with Crippen LogP contribution in [0.2, 0.25) is 0 Å². The summed E-state index contributed by atoms with van der Waals surface area (Å²) < 4.78 is 61.7. The van der Waals surface area contributed by atoms with Crippen molar-refractivity contribution >= 4 is 31.6 Å². The number of benzene rings is 2. The van der Waals surface area contributed by atoms with Crippen LogP contribution in [0.15, 0.2) is 53.4 Å². The van der Waals surface area contributed by atoms with E-state index < -0.39 is 38.5 Å². The zero-order valence-corrected chi connectivity index (χ0v) is 20.8. The SMILES string of the molecule is COc1ccc(OCC(C)NC(=O)CN(c2ccc(S(=O)(=O)N(C)C)cc2)S(C)(=O)=O)cc1. The second kappa shape index (κ2) is 10.9. The van der Waals surface area contributed by atoms with E-state index in [1.807, 2.05) is 0 Å². The van der Waals surface area contributed by atoms with Gasteiger partial charge in [-0.2, -0.15) is 0 Å². The highest BCUT2D eigenvalue weighted by atomic mass is 32.2. The van der Waals surface area contributed by atoms with Crippen LogP contribution in [0.5, 0.6) is 11.5 Å². The number of ether oxygens (including phenoxy) is 2. The molecule has 0 aliphatic heterocycles. The fraction of sp³-hybridized carbons (Fsp3) is 0.381. The average molecular weight is 500 g/mol. The Hall–Kier alpha value is -2.83. The molecule has 1 unspecified atom stereocenters. The molecular formula is C21H29N3O7S2. The Labute approximate surface area is 195 Å². The van der Waals surface area contributed by atoms with Crippen LogP contribution in [0, 0.1) is 0 Å². The lowest BCUT2D eigenvalue weighted by Crippen LogP contribution is -2.44. The molecule has 0 saturated carbocycles. The Balaban J connectivity index is 2.03. The molecule has 0 fully saturated rings. The first-order valence-electron chi connectivity index (χ1n) is 9.91. The number of sulfonamides is 2. The quantitative estimate of drug-likeness (QED) is 0.494. The van der Waals surface area contributed by atoms with E-state index in [1.54, 1.807) is 38.3 Å². The fourth-order valence-electron chi connectivity index (χ4n) is 2.78. The van der Waals surface area contributed by atoms with Crippen LogP contribution < -0.4 is 19.1 Å². The van der Waals surface area contributed by atoms with E-state index in [9.17, 15) is 21.6 Å². The molecule has 10 nitrogen and oxygen atoms in total. The molecule has 1 atom stereocenters. The second-order valence-corrected chi connectivity index (χ2v) is 11.6. The maximum Gasteiger partial charge on any atom is 0.242 e.